The predicted octanol–water partition coefficient (Wildman–Crippen LogP) is 1.13. The summed E-state index contributed by atoms with van der Waals surface area (Å²) in [4.78, 5) is 10.7. The molecule has 1 aromatic rings. The van der Waals surface area contributed by atoms with Crippen molar-refractivity contribution < 1.29 is 18.3 Å². The Kier molecular flexibility index (Phi) is 5.02. The fourth-order valence-electron chi connectivity index (χ4n) is 1.61. The fourth-order valence-corrected chi connectivity index (χ4v) is 3.06. The van der Waals surface area contributed by atoms with Crippen LogP contribution in [0.25, 0.3) is 0 Å². The Morgan fingerprint density at radius 2 is 2.20 bits per heavy atom. The third kappa shape index (κ3) is 3.44. The first-order valence-electron chi connectivity index (χ1n) is 5.66. The standard InChI is InChI=1S/C13H14N2O4S/c1-3-6-15(9-13(16)17)20(18,19)12-5-4-11(8-14)10(2)7-12/h3-5,7H,1,6,9H2,2H3,(H,16,17). The number of nitriles is 1. The van der Waals surface area contributed by atoms with E-state index in [2.05, 4.69) is 6.58 Å². The summed E-state index contributed by atoms with van der Waals surface area (Å²) in [6, 6.07) is 5.98. The Labute approximate surface area is 117 Å². The maximum Gasteiger partial charge on any atom is 0.318 e. The molecule has 1 rings (SSSR count). The number of nitrogens with zero attached hydrogens (tertiary/aromatic N) is 2. The molecule has 0 saturated heterocycles. The highest BCUT2D eigenvalue weighted by Gasteiger charge is 2.25. The molecule has 0 spiro atoms. The van der Waals surface area contributed by atoms with E-state index in [9.17, 15) is 13.2 Å². The molecule has 0 saturated carbocycles. The topological polar surface area (TPSA) is 98.5 Å². The van der Waals surface area contributed by atoms with Gasteiger partial charge < -0.3 is 5.11 Å². The number of carboxylic acid groups (broad SMARTS) is 1. The van der Waals surface area contributed by atoms with Crippen LogP contribution in [0.4, 0.5) is 0 Å². The van der Waals surface area contributed by atoms with Gasteiger partial charge in [0.25, 0.3) is 0 Å². The number of carboxylic acids is 1. The zero-order chi connectivity index (χ0) is 15.3. The highest BCUT2D eigenvalue weighted by Crippen LogP contribution is 2.19. The van der Waals surface area contributed by atoms with Crippen molar-refractivity contribution in [3.63, 3.8) is 0 Å². The Morgan fingerprint density at radius 3 is 2.65 bits per heavy atom. The molecular weight excluding hydrogens is 280 g/mol. The van der Waals surface area contributed by atoms with Gasteiger partial charge in [-0.15, -0.1) is 6.58 Å². The van der Waals surface area contributed by atoms with Crippen molar-refractivity contribution in [3.8, 4) is 6.07 Å². The minimum atomic E-state index is -3.93. The minimum Gasteiger partial charge on any atom is -0.480 e. The molecule has 0 aliphatic rings. The summed E-state index contributed by atoms with van der Waals surface area (Å²) in [6.07, 6.45) is 1.32. The van der Waals surface area contributed by atoms with Gasteiger partial charge in [-0.3, -0.25) is 4.79 Å². The lowest BCUT2D eigenvalue weighted by Gasteiger charge is -2.19. The van der Waals surface area contributed by atoms with Gasteiger partial charge in [0.2, 0.25) is 10.0 Å². The fraction of sp³-hybridized carbons (Fsp3) is 0.231. The summed E-state index contributed by atoms with van der Waals surface area (Å²) in [7, 11) is -3.93. The second kappa shape index (κ2) is 6.32. The first-order chi connectivity index (χ1) is 9.32. The summed E-state index contributed by atoms with van der Waals surface area (Å²) in [5.41, 5.74) is 0.889. The second-order valence-corrected chi connectivity index (χ2v) is 6.01. The van der Waals surface area contributed by atoms with Gasteiger partial charge in [-0.1, -0.05) is 6.08 Å². The van der Waals surface area contributed by atoms with Gasteiger partial charge in [-0.05, 0) is 30.7 Å². The van der Waals surface area contributed by atoms with E-state index in [1.165, 1.54) is 24.3 Å². The maximum absolute atomic E-state index is 12.3. The van der Waals surface area contributed by atoms with E-state index >= 15 is 0 Å². The molecule has 7 heteroatoms. The van der Waals surface area contributed by atoms with Crippen LogP contribution in [-0.2, 0) is 14.8 Å². The van der Waals surface area contributed by atoms with E-state index in [0.717, 1.165) is 4.31 Å². The zero-order valence-corrected chi connectivity index (χ0v) is 11.7. The maximum atomic E-state index is 12.3. The van der Waals surface area contributed by atoms with Crippen molar-refractivity contribution in [3.05, 3.63) is 42.0 Å². The lowest BCUT2D eigenvalue weighted by atomic mass is 10.1. The Morgan fingerprint density at radius 1 is 1.55 bits per heavy atom. The van der Waals surface area contributed by atoms with E-state index in [1.54, 1.807) is 6.92 Å². The normalized spacial score (nSPS) is 11.1. The lowest BCUT2D eigenvalue weighted by molar-refractivity contribution is -0.137. The van der Waals surface area contributed by atoms with Gasteiger partial charge in [0.1, 0.15) is 6.54 Å². The van der Waals surface area contributed by atoms with E-state index in [4.69, 9.17) is 10.4 Å². The van der Waals surface area contributed by atoms with Crippen molar-refractivity contribution in [2.24, 2.45) is 0 Å². The number of hydrogen-bond donors (Lipinski definition) is 1. The number of aliphatic carboxylic acids is 1. The molecule has 0 fully saturated rings. The van der Waals surface area contributed by atoms with Gasteiger partial charge in [0.05, 0.1) is 16.5 Å². The molecule has 0 aliphatic heterocycles. The number of aryl methyl sites for hydroxylation is 1. The molecular formula is C13H14N2O4S. The molecule has 20 heavy (non-hydrogen) atoms. The van der Waals surface area contributed by atoms with Crippen molar-refractivity contribution >= 4 is 16.0 Å². The molecule has 1 aromatic carbocycles. The third-order valence-corrected chi connectivity index (χ3v) is 4.41. The number of hydrogen-bond acceptors (Lipinski definition) is 4. The van der Waals surface area contributed by atoms with Crippen molar-refractivity contribution in [2.45, 2.75) is 11.8 Å². The van der Waals surface area contributed by atoms with Crippen LogP contribution < -0.4 is 0 Å². The number of sulfonamides is 1. The van der Waals surface area contributed by atoms with Gasteiger partial charge in [0, 0.05) is 6.54 Å². The van der Waals surface area contributed by atoms with Gasteiger partial charge in [0.15, 0.2) is 0 Å². The molecule has 0 amide bonds. The molecule has 0 bridgehead atoms. The van der Waals surface area contributed by atoms with Crippen LogP contribution in [0.2, 0.25) is 0 Å². The van der Waals surface area contributed by atoms with Crippen molar-refractivity contribution in [2.75, 3.05) is 13.1 Å². The summed E-state index contributed by atoms with van der Waals surface area (Å²) in [5, 5.41) is 17.6. The molecule has 6 nitrogen and oxygen atoms in total. The largest absolute Gasteiger partial charge is 0.480 e. The molecule has 1 N–H and O–H groups in total. The average Bonchev–Trinajstić information content (AvgIpc) is 2.37. The lowest BCUT2D eigenvalue weighted by Crippen LogP contribution is -2.35. The minimum absolute atomic E-state index is 0.0444. The van der Waals surface area contributed by atoms with Gasteiger partial charge in [-0.2, -0.15) is 9.57 Å². The van der Waals surface area contributed by atoms with Gasteiger partial charge >= 0.3 is 5.97 Å². The number of benzene rings is 1. The molecule has 0 radical (unpaired) electrons. The average molecular weight is 294 g/mol. The first-order valence-corrected chi connectivity index (χ1v) is 7.10. The summed E-state index contributed by atoms with van der Waals surface area (Å²) >= 11 is 0. The third-order valence-electron chi connectivity index (χ3n) is 2.60. The Hall–Kier alpha value is -2.17. The highest BCUT2D eigenvalue weighted by atomic mass is 32.2. The predicted molar refractivity (Wildman–Crippen MR) is 72.5 cm³/mol. The van der Waals surface area contributed by atoms with Crippen LogP contribution in [0.15, 0.2) is 35.7 Å². The Balaban J connectivity index is 3.26. The summed E-state index contributed by atoms with van der Waals surface area (Å²) in [5.74, 6) is -1.25. The number of rotatable bonds is 6. The van der Waals surface area contributed by atoms with Crippen LogP contribution in [-0.4, -0.2) is 36.9 Å². The van der Waals surface area contributed by atoms with Crippen LogP contribution in [0.5, 0.6) is 0 Å². The Bertz CT molecular complexity index is 674. The SMILES string of the molecule is C=CCN(CC(=O)O)S(=O)(=O)c1ccc(C#N)c(C)c1. The van der Waals surface area contributed by atoms with Crippen LogP contribution in [0, 0.1) is 18.3 Å². The van der Waals surface area contributed by atoms with Gasteiger partial charge in [-0.25, -0.2) is 8.42 Å². The van der Waals surface area contributed by atoms with E-state index < -0.39 is 22.5 Å². The summed E-state index contributed by atoms with van der Waals surface area (Å²) < 4.78 is 25.5. The van der Waals surface area contributed by atoms with Crippen molar-refractivity contribution in [1.82, 2.24) is 4.31 Å². The van der Waals surface area contributed by atoms with E-state index in [-0.39, 0.29) is 11.4 Å². The molecule has 0 aliphatic carbocycles. The monoisotopic (exact) mass is 294 g/mol. The smallest absolute Gasteiger partial charge is 0.318 e. The number of carbonyl (C=O) groups is 1. The molecule has 0 aromatic heterocycles. The van der Waals surface area contributed by atoms with E-state index in [0.29, 0.717) is 11.1 Å². The summed E-state index contributed by atoms with van der Waals surface area (Å²) in [6.45, 7) is 4.29. The second-order valence-electron chi connectivity index (χ2n) is 4.07. The quantitative estimate of drug-likeness (QED) is 0.793. The first kappa shape index (κ1) is 15.9. The van der Waals surface area contributed by atoms with Crippen LogP contribution >= 0.6 is 0 Å². The van der Waals surface area contributed by atoms with Crippen LogP contribution in [0.1, 0.15) is 11.1 Å². The molecule has 0 heterocycles. The van der Waals surface area contributed by atoms with E-state index in [1.807, 2.05) is 6.07 Å². The zero-order valence-electron chi connectivity index (χ0n) is 10.9. The highest BCUT2D eigenvalue weighted by molar-refractivity contribution is 7.89. The molecule has 0 unspecified atom stereocenters. The van der Waals surface area contributed by atoms with Crippen LogP contribution in [0.3, 0.4) is 0 Å². The molecule has 106 valence electrons. The van der Waals surface area contributed by atoms with Crippen molar-refractivity contribution in [1.29, 1.82) is 5.26 Å². The molecule has 0 atom stereocenters.